The molecular weight excluding hydrogens is 412 g/mol. The molecule has 0 spiro atoms. The summed E-state index contributed by atoms with van der Waals surface area (Å²) in [5.74, 6) is 0.935. The number of hydrogen-bond acceptors (Lipinski definition) is 4. The molecule has 1 heterocycles. The van der Waals surface area contributed by atoms with Crippen molar-refractivity contribution in [1.82, 2.24) is 9.62 Å². The van der Waals surface area contributed by atoms with Crippen LogP contribution in [-0.2, 0) is 21.4 Å². The molecule has 0 radical (unpaired) electrons. The molecule has 1 aliphatic heterocycles. The smallest absolute Gasteiger partial charge is 0.243 e. The highest BCUT2D eigenvalue weighted by molar-refractivity contribution is 7.89. The first-order valence-corrected chi connectivity index (χ1v) is 12.1. The molecule has 6 nitrogen and oxygen atoms in total. The Kier molecular flexibility index (Phi) is 7.06. The first kappa shape index (κ1) is 23.3. The van der Waals surface area contributed by atoms with Gasteiger partial charge in [-0.2, -0.15) is 4.31 Å². The van der Waals surface area contributed by atoms with Crippen molar-refractivity contribution in [1.29, 1.82) is 0 Å². The van der Waals surface area contributed by atoms with E-state index in [0.717, 1.165) is 16.9 Å². The van der Waals surface area contributed by atoms with Gasteiger partial charge >= 0.3 is 0 Å². The van der Waals surface area contributed by atoms with Crippen molar-refractivity contribution in [2.24, 2.45) is 5.41 Å². The molecular formula is C24H32N2O4S. The molecule has 3 rings (SSSR count). The van der Waals surface area contributed by atoms with Crippen LogP contribution in [0, 0.1) is 5.41 Å². The lowest BCUT2D eigenvalue weighted by Gasteiger charge is -2.38. The molecule has 7 heteroatoms. The number of nitrogens with zero attached hydrogens (tertiary/aromatic N) is 1. The Morgan fingerprint density at radius 1 is 1.19 bits per heavy atom. The van der Waals surface area contributed by atoms with Crippen molar-refractivity contribution in [2.75, 3.05) is 20.2 Å². The minimum absolute atomic E-state index is 0.134. The highest BCUT2D eigenvalue weighted by Gasteiger charge is 2.41. The van der Waals surface area contributed by atoms with E-state index in [1.54, 1.807) is 19.2 Å². The van der Waals surface area contributed by atoms with E-state index >= 15 is 0 Å². The molecule has 2 aromatic rings. The van der Waals surface area contributed by atoms with E-state index in [1.807, 2.05) is 43.3 Å². The number of nitrogens with one attached hydrogen (secondary N) is 1. The van der Waals surface area contributed by atoms with Crippen LogP contribution in [0.3, 0.4) is 0 Å². The molecule has 1 saturated heterocycles. The van der Waals surface area contributed by atoms with Gasteiger partial charge in [0.2, 0.25) is 15.9 Å². The largest absolute Gasteiger partial charge is 0.497 e. The molecule has 1 fully saturated rings. The third-order valence-corrected chi connectivity index (χ3v) is 7.84. The third-order valence-electron chi connectivity index (χ3n) is 5.98. The Balaban J connectivity index is 1.70. The number of benzene rings is 2. The fourth-order valence-electron chi connectivity index (χ4n) is 3.94. The second-order valence-electron chi connectivity index (χ2n) is 8.76. The van der Waals surface area contributed by atoms with Gasteiger partial charge in [0.15, 0.2) is 0 Å². The second kappa shape index (κ2) is 9.40. The quantitative estimate of drug-likeness (QED) is 0.702. The van der Waals surface area contributed by atoms with Crippen molar-refractivity contribution < 1.29 is 17.9 Å². The van der Waals surface area contributed by atoms with Crippen LogP contribution < -0.4 is 10.1 Å². The van der Waals surface area contributed by atoms with Crippen LogP contribution in [-0.4, -0.2) is 38.8 Å². The Bertz CT molecular complexity index is 1020. The maximum atomic E-state index is 13.2. The normalized spacial score (nSPS) is 19.9. The first-order chi connectivity index (χ1) is 14.7. The average molecular weight is 445 g/mol. The highest BCUT2D eigenvalue weighted by Crippen LogP contribution is 2.33. The number of methoxy groups -OCH3 is 1. The highest BCUT2D eigenvalue weighted by atomic mass is 32.2. The number of carbonyl (C=O) groups excluding carboxylic acids is 1. The van der Waals surface area contributed by atoms with Crippen molar-refractivity contribution in [3.63, 3.8) is 0 Å². The van der Waals surface area contributed by atoms with Gasteiger partial charge in [-0.25, -0.2) is 8.42 Å². The predicted octanol–water partition coefficient (Wildman–Crippen LogP) is 3.93. The summed E-state index contributed by atoms with van der Waals surface area (Å²) >= 11 is 0. The number of hydrogen-bond donors (Lipinski definition) is 1. The van der Waals surface area contributed by atoms with Crippen LogP contribution in [0.5, 0.6) is 5.75 Å². The summed E-state index contributed by atoms with van der Waals surface area (Å²) in [5.41, 5.74) is 1.25. The van der Waals surface area contributed by atoms with Gasteiger partial charge in [-0.15, -0.1) is 0 Å². The molecule has 0 saturated carbocycles. The Hall–Kier alpha value is -2.38. The standard InChI is InChI=1S/C24H32N2O4S/c1-18(2)20-9-11-22(12-10-20)31(28,29)26-14-6-13-24(3,17-26)23(27)25-16-19-7-5-8-21(15-19)30-4/h5,7-12,15,18H,6,13-14,16-17H2,1-4H3,(H,25,27)/t24-/m0/s1. The van der Waals surface area contributed by atoms with Gasteiger partial charge in [-0.3, -0.25) is 4.79 Å². The zero-order valence-corrected chi connectivity index (χ0v) is 19.5. The Labute approximate surface area is 185 Å². The van der Waals surface area contributed by atoms with Crippen molar-refractivity contribution in [3.05, 3.63) is 59.7 Å². The summed E-state index contributed by atoms with van der Waals surface area (Å²) in [6, 6.07) is 14.6. The molecule has 1 atom stereocenters. The SMILES string of the molecule is COc1cccc(CNC(=O)[C@@]2(C)CCCN(S(=O)(=O)c3ccc(C(C)C)cc3)C2)c1. The summed E-state index contributed by atoms with van der Waals surface area (Å²) in [7, 11) is -2.05. The number of carbonyl (C=O) groups is 1. The van der Waals surface area contributed by atoms with Gasteiger partial charge < -0.3 is 10.1 Å². The van der Waals surface area contributed by atoms with Gasteiger partial charge in [0.25, 0.3) is 0 Å². The minimum Gasteiger partial charge on any atom is -0.497 e. The second-order valence-corrected chi connectivity index (χ2v) is 10.7. The lowest BCUT2D eigenvalue weighted by Crippen LogP contribution is -2.51. The van der Waals surface area contributed by atoms with E-state index in [0.29, 0.717) is 31.8 Å². The topological polar surface area (TPSA) is 75.7 Å². The van der Waals surface area contributed by atoms with Gasteiger partial charge in [0.1, 0.15) is 5.75 Å². The maximum absolute atomic E-state index is 13.2. The number of rotatable bonds is 7. The monoisotopic (exact) mass is 444 g/mol. The summed E-state index contributed by atoms with van der Waals surface area (Å²) in [5, 5.41) is 2.98. The zero-order chi connectivity index (χ0) is 22.6. The minimum atomic E-state index is -3.65. The molecule has 1 aliphatic rings. The van der Waals surface area contributed by atoms with E-state index in [9.17, 15) is 13.2 Å². The van der Waals surface area contributed by atoms with Crippen molar-refractivity contribution in [2.45, 2.75) is 51.0 Å². The van der Waals surface area contributed by atoms with Crippen LogP contribution in [0.4, 0.5) is 0 Å². The molecule has 0 aliphatic carbocycles. The van der Waals surface area contributed by atoms with Crippen LogP contribution in [0.1, 0.15) is 50.7 Å². The van der Waals surface area contributed by atoms with Crippen LogP contribution in [0.15, 0.2) is 53.4 Å². The summed E-state index contributed by atoms with van der Waals surface area (Å²) in [6.45, 7) is 6.96. The fraction of sp³-hybridized carbons (Fsp3) is 0.458. The predicted molar refractivity (Wildman–Crippen MR) is 121 cm³/mol. The van der Waals surface area contributed by atoms with Crippen molar-refractivity contribution >= 4 is 15.9 Å². The van der Waals surface area contributed by atoms with E-state index in [4.69, 9.17) is 4.74 Å². The van der Waals surface area contributed by atoms with Crippen LogP contribution in [0.2, 0.25) is 0 Å². The molecule has 1 amide bonds. The summed E-state index contributed by atoms with van der Waals surface area (Å²) in [6.07, 6.45) is 1.29. The average Bonchev–Trinajstić information content (AvgIpc) is 2.77. The van der Waals surface area contributed by atoms with Gasteiger partial charge in [-0.1, -0.05) is 38.1 Å². The summed E-state index contributed by atoms with van der Waals surface area (Å²) < 4.78 is 33.1. The molecule has 0 unspecified atom stereocenters. The van der Waals surface area contributed by atoms with E-state index in [-0.39, 0.29) is 17.3 Å². The number of ether oxygens (including phenoxy) is 1. The lowest BCUT2D eigenvalue weighted by molar-refractivity contribution is -0.132. The van der Waals surface area contributed by atoms with Crippen LogP contribution in [0.25, 0.3) is 0 Å². The van der Waals surface area contributed by atoms with Crippen molar-refractivity contribution in [3.8, 4) is 5.75 Å². The van der Waals surface area contributed by atoms with Gasteiger partial charge in [-0.05, 0) is 61.1 Å². The summed E-state index contributed by atoms with van der Waals surface area (Å²) in [4.78, 5) is 13.3. The first-order valence-electron chi connectivity index (χ1n) is 10.7. The third kappa shape index (κ3) is 5.28. The number of sulfonamides is 1. The molecule has 0 aromatic heterocycles. The molecule has 2 aromatic carbocycles. The van der Waals surface area contributed by atoms with Gasteiger partial charge in [0.05, 0.1) is 17.4 Å². The van der Waals surface area contributed by atoms with E-state index < -0.39 is 15.4 Å². The fourth-order valence-corrected chi connectivity index (χ4v) is 5.54. The zero-order valence-electron chi connectivity index (χ0n) is 18.7. The maximum Gasteiger partial charge on any atom is 0.243 e. The molecule has 1 N–H and O–H groups in total. The molecule has 0 bridgehead atoms. The Morgan fingerprint density at radius 3 is 2.55 bits per heavy atom. The molecule has 31 heavy (non-hydrogen) atoms. The number of amides is 1. The van der Waals surface area contributed by atoms with Gasteiger partial charge in [0, 0.05) is 19.6 Å². The van der Waals surface area contributed by atoms with E-state index in [1.165, 1.54) is 4.31 Å². The van der Waals surface area contributed by atoms with E-state index in [2.05, 4.69) is 19.2 Å². The molecule has 168 valence electrons. The lowest BCUT2D eigenvalue weighted by atomic mass is 9.82. The Morgan fingerprint density at radius 2 is 1.90 bits per heavy atom. The van der Waals surface area contributed by atoms with Crippen LogP contribution >= 0.6 is 0 Å². The number of piperidine rings is 1.